The van der Waals surface area contributed by atoms with Crippen molar-refractivity contribution in [2.75, 3.05) is 14.2 Å². The highest BCUT2D eigenvalue weighted by Gasteiger charge is 2.13. The van der Waals surface area contributed by atoms with Gasteiger partial charge in [0.05, 0.1) is 18.8 Å². The van der Waals surface area contributed by atoms with E-state index in [-0.39, 0.29) is 6.04 Å². The largest absolute Gasteiger partial charge is 0.496 e. The summed E-state index contributed by atoms with van der Waals surface area (Å²) in [4.78, 5) is 8.44. The number of aromatic nitrogens is 2. The molecule has 1 aromatic carbocycles. The van der Waals surface area contributed by atoms with Gasteiger partial charge in [-0.25, -0.2) is 0 Å². The third kappa shape index (κ3) is 2.84. The molecule has 1 N–H and O–H groups in total. The van der Waals surface area contributed by atoms with Crippen LogP contribution >= 0.6 is 0 Å². The van der Waals surface area contributed by atoms with Crippen molar-refractivity contribution >= 4 is 0 Å². The summed E-state index contributed by atoms with van der Waals surface area (Å²) in [5, 5.41) is 3.26. The van der Waals surface area contributed by atoms with Crippen LogP contribution in [0.4, 0.5) is 0 Å². The lowest BCUT2D eigenvalue weighted by Gasteiger charge is -2.16. The number of nitrogens with one attached hydrogen (secondary N) is 1. The zero-order valence-electron chi connectivity index (χ0n) is 10.6. The molecular formula is C14H17N3O. The molecule has 18 heavy (non-hydrogen) atoms. The minimum absolute atomic E-state index is 0.134. The average molecular weight is 243 g/mol. The number of rotatable bonds is 5. The standard InChI is InChI=1S/C14H17N3O/c1-15-12(13-10-16-7-8-17-13)9-11-5-3-4-6-14(11)18-2/h3-8,10,12,15H,9H2,1-2H3. The third-order valence-corrected chi connectivity index (χ3v) is 2.91. The second-order valence-electron chi connectivity index (χ2n) is 3.99. The Morgan fingerprint density at radius 1 is 1.28 bits per heavy atom. The highest BCUT2D eigenvalue weighted by atomic mass is 16.5. The number of benzene rings is 1. The Morgan fingerprint density at radius 2 is 2.11 bits per heavy atom. The smallest absolute Gasteiger partial charge is 0.122 e. The van der Waals surface area contributed by atoms with E-state index in [1.165, 1.54) is 0 Å². The number of hydrogen-bond acceptors (Lipinski definition) is 4. The molecule has 94 valence electrons. The Kier molecular flexibility index (Phi) is 4.25. The van der Waals surface area contributed by atoms with Gasteiger partial charge in [-0.2, -0.15) is 0 Å². The minimum Gasteiger partial charge on any atom is -0.496 e. The highest BCUT2D eigenvalue weighted by molar-refractivity contribution is 5.34. The zero-order valence-corrected chi connectivity index (χ0v) is 10.6. The molecule has 4 heteroatoms. The SMILES string of the molecule is CNC(Cc1ccccc1OC)c1cnccn1. The van der Waals surface area contributed by atoms with E-state index >= 15 is 0 Å². The van der Waals surface area contributed by atoms with Gasteiger partial charge in [0.1, 0.15) is 5.75 Å². The second kappa shape index (κ2) is 6.12. The van der Waals surface area contributed by atoms with Crippen LogP contribution < -0.4 is 10.1 Å². The van der Waals surface area contributed by atoms with Gasteiger partial charge in [0, 0.05) is 18.6 Å². The fraction of sp³-hybridized carbons (Fsp3) is 0.286. The Hall–Kier alpha value is -1.94. The molecule has 0 saturated carbocycles. The van der Waals surface area contributed by atoms with Gasteiger partial charge < -0.3 is 10.1 Å². The molecule has 0 amide bonds. The average Bonchev–Trinajstić information content (AvgIpc) is 2.46. The van der Waals surface area contributed by atoms with Crippen LogP contribution in [0.3, 0.4) is 0 Å². The van der Waals surface area contributed by atoms with E-state index in [1.807, 2.05) is 25.2 Å². The Morgan fingerprint density at radius 3 is 2.78 bits per heavy atom. The highest BCUT2D eigenvalue weighted by Crippen LogP contribution is 2.23. The van der Waals surface area contributed by atoms with E-state index in [0.717, 1.165) is 23.4 Å². The number of nitrogens with zero attached hydrogens (tertiary/aromatic N) is 2. The Labute approximate surface area is 107 Å². The summed E-state index contributed by atoms with van der Waals surface area (Å²) in [6, 6.07) is 8.16. The molecule has 0 saturated heterocycles. The first-order valence-electron chi connectivity index (χ1n) is 5.90. The molecule has 1 atom stereocenters. The van der Waals surface area contributed by atoms with Crippen molar-refractivity contribution in [1.29, 1.82) is 0 Å². The summed E-state index contributed by atoms with van der Waals surface area (Å²) < 4.78 is 5.36. The molecule has 2 rings (SSSR count). The maximum atomic E-state index is 5.36. The molecule has 0 aliphatic heterocycles. The number of hydrogen-bond donors (Lipinski definition) is 1. The molecule has 1 unspecified atom stereocenters. The van der Waals surface area contributed by atoms with Gasteiger partial charge >= 0.3 is 0 Å². The van der Waals surface area contributed by atoms with E-state index < -0.39 is 0 Å². The molecule has 0 bridgehead atoms. The predicted molar refractivity (Wildman–Crippen MR) is 70.5 cm³/mol. The van der Waals surface area contributed by atoms with Crippen LogP contribution in [0.25, 0.3) is 0 Å². The maximum absolute atomic E-state index is 5.36. The lowest BCUT2D eigenvalue weighted by atomic mass is 10.0. The van der Waals surface area contributed by atoms with Gasteiger partial charge in [-0.3, -0.25) is 9.97 Å². The molecule has 2 aromatic rings. The summed E-state index contributed by atoms with van der Waals surface area (Å²) in [5.74, 6) is 0.904. The van der Waals surface area contributed by atoms with Crippen LogP contribution in [0, 0.1) is 0 Å². The third-order valence-electron chi connectivity index (χ3n) is 2.91. The van der Waals surface area contributed by atoms with Crippen LogP contribution in [0.1, 0.15) is 17.3 Å². The fourth-order valence-electron chi connectivity index (χ4n) is 1.94. The van der Waals surface area contributed by atoms with Crippen LogP contribution in [-0.2, 0) is 6.42 Å². The van der Waals surface area contributed by atoms with Crippen LogP contribution in [0.5, 0.6) is 5.75 Å². The Balaban J connectivity index is 2.21. The van der Waals surface area contributed by atoms with Crippen molar-refractivity contribution < 1.29 is 4.74 Å². The van der Waals surface area contributed by atoms with Crippen molar-refractivity contribution in [3.05, 3.63) is 54.1 Å². The lowest BCUT2D eigenvalue weighted by molar-refractivity contribution is 0.406. The maximum Gasteiger partial charge on any atom is 0.122 e. The summed E-state index contributed by atoms with van der Waals surface area (Å²) >= 11 is 0. The number of likely N-dealkylation sites (N-methyl/N-ethyl adjacent to an activating group) is 1. The molecular weight excluding hydrogens is 226 g/mol. The summed E-state index contributed by atoms with van der Waals surface area (Å²) in [6.07, 6.45) is 6.00. The molecule has 0 aliphatic carbocycles. The first kappa shape index (κ1) is 12.5. The van der Waals surface area contributed by atoms with E-state index in [0.29, 0.717) is 0 Å². The molecule has 0 aliphatic rings. The molecule has 4 nitrogen and oxygen atoms in total. The second-order valence-corrected chi connectivity index (χ2v) is 3.99. The van der Waals surface area contributed by atoms with E-state index in [9.17, 15) is 0 Å². The summed E-state index contributed by atoms with van der Waals surface area (Å²) in [7, 11) is 3.62. The minimum atomic E-state index is 0.134. The van der Waals surface area contributed by atoms with Gasteiger partial charge in [-0.05, 0) is 25.1 Å². The van der Waals surface area contributed by atoms with Crippen molar-refractivity contribution in [2.45, 2.75) is 12.5 Å². The van der Waals surface area contributed by atoms with E-state index in [1.54, 1.807) is 25.7 Å². The molecule has 0 spiro atoms. The van der Waals surface area contributed by atoms with Gasteiger partial charge in [0.25, 0.3) is 0 Å². The monoisotopic (exact) mass is 243 g/mol. The van der Waals surface area contributed by atoms with Gasteiger partial charge in [-0.1, -0.05) is 18.2 Å². The van der Waals surface area contributed by atoms with Crippen molar-refractivity contribution in [3.8, 4) is 5.75 Å². The van der Waals surface area contributed by atoms with E-state index in [2.05, 4.69) is 21.4 Å². The van der Waals surface area contributed by atoms with E-state index in [4.69, 9.17) is 4.74 Å². The van der Waals surface area contributed by atoms with Crippen LogP contribution in [0.15, 0.2) is 42.9 Å². The molecule has 1 heterocycles. The number of para-hydroxylation sites is 1. The molecule has 0 fully saturated rings. The van der Waals surface area contributed by atoms with Gasteiger partial charge in [0.2, 0.25) is 0 Å². The topological polar surface area (TPSA) is 47.0 Å². The quantitative estimate of drug-likeness (QED) is 0.872. The fourth-order valence-corrected chi connectivity index (χ4v) is 1.94. The molecule has 0 radical (unpaired) electrons. The van der Waals surface area contributed by atoms with Crippen LogP contribution in [-0.4, -0.2) is 24.1 Å². The first-order valence-corrected chi connectivity index (χ1v) is 5.90. The molecule has 1 aromatic heterocycles. The normalized spacial score (nSPS) is 12.1. The first-order chi connectivity index (χ1) is 8.85. The van der Waals surface area contributed by atoms with Crippen molar-refractivity contribution in [1.82, 2.24) is 15.3 Å². The zero-order chi connectivity index (χ0) is 12.8. The predicted octanol–water partition coefficient (Wildman–Crippen LogP) is 1.99. The number of ether oxygens (including phenoxy) is 1. The Bertz CT molecular complexity index is 487. The van der Waals surface area contributed by atoms with Gasteiger partial charge in [-0.15, -0.1) is 0 Å². The number of methoxy groups -OCH3 is 1. The van der Waals surface area contributed by atoms with Crippen molar-refractivity contribution in [3.63, 3.8) is 0 Å². The summed E-state index contributed by atoms with van der Waals surface area (Å²) in [6.45, 7) is 0. The van der Waals surface area contributed by atoms with Crippen molar-refractivity contribution in [2.24, 2.45) is 0 Å². The van der Waals surface area contributed by atoms with Gasteiger partial charge in [0.15, 0.2) is 0 Å². The lowest BCUT2D eigenvalue weighted by Crippen LogP contribution is -2.20. The summed E-state index contributed by atoms with van der Waals surface area (Å²) in [5.41, 5.74) is 2.09. The van der Waals surface area contributed by atoms with Crippen LogP contribution in [0.2, 0.25) is 0 Å².